The number of carboxylic acid groups (broad SMARTS) is 1. The van der Waals surface area contributed by atoms with Gasteiger partial charge in [0.15, 0.2) is 6.10 Å². The lowest BCUT2D eigenvalue weighted by atomic mass is 10.2. The van der Waals surface area contributed by atoms with Crippen molar-refractivity contribution in [2.45, 2.75) is 13.0 Å². The molecule has 0 bridgehead atoms. The van der Waals surface area contributed by atoms with Crippen LogP contribution in [0.15, 0.2) is 24.3 Å². The van der Waals surface area contributed by atoms with Gasteiger partial charge in [0, 0.05) is 19.2 Å². The number of nitrogens with one attached hydrogen (secondary N) is 1. The number of rotatable bonds is 5. The van der Waals surface area contributed by atoms with Gasteiger partial charge in [-0.1, -0.05) is 0 Å². The van der Waals surface area contributed by atoms with Gasteiger partial charge in [0.25, 0.3) is 5.91 Å². The normalized spacial score (nSPS) is 12.2. The molecule has 0 saturated heterocycles. The molecule has 0 heterocycles. The van der Waals surface area contributed by atoms with E-state index in [0.717, 1.165) is 18.2 Å². The minimum absolute atomic E-state index is 0.154. The molecule has 0 fully saturated rings. The Balaban J connectivity index is 2.90. The number of carbonyl (C=O) groups is 2. The summed E-state index contributed by atoms with van der Waals surface area (Å²) in [5, 5.41) is 10.9. The number of hydrogen-bond donors (Lipinski definition) is 2. The largest absolute Gasteiger partial charge is 0.481 e. The highest BCUT2D eigenvalue weighted by atomic mass is 19.1. The molecule has 0 spiro atoms. The second-order valence-corrected chi connectivity index (χ2v) is 3.77. The van der Waals surface area contributed by atoms with Crippen LogP contribution >= 0.6 is 0 Å². The Morgan fingerprint density at radius 3 is 2.68 bits per heavy atom. The van der Waals surface area contributed by atoms with E-state index in [2.05, 4.69) is 5.32 Å². The Labute approximate surface area is 109 Å². The highest BCUT2D eigenvalue weighted by Crippen LogP contribution is 2.19. The number of ether oxygens (including phenoxy) is 1. The van der Waals surface area contributed by atoms with Crippen LogP contribution in [0.1, 0.15) is 12.5 Å². The van der Waals surface area contributed by atoms with Crippen molar-refractivity contribution in [2.24, 2.45) is 0 Å². The first-order valence-corrected chi connectivity index (χ1v) is 5.52. The lowest BCUT2D eigenvalue weighted by Crippen LogP contribution is -2.33. The Hall–Kier alpha value is -2.37. The van der Waals surface area contributed by atoms with Crippen molar-refractivity contribution in [3.05, 3.63) is 35.7 Å². The van der Waals surface area contributed by atoms with Crippen LogP contribution < -0.4 is 10.1 Å². The molecule has 0 aliphatic rings. The van der Waals surface area contributed by atoms with Gasteiger partial charge in [-0.2, -0.15) is 0 Å². The molecule has 0 radical (unpaired) electrons. The maximum absolute atomic E-state index is 13.3. The summed E-state index contributed by atoms with van der Waals surface area (Å²) in [6.45, 7) is 1.52. The van der Waals surface area contributed by atoms with Gasteiger partial charge in [-0.3, -0.25) is 4.79 Å². The molecule has 1 aromatic rings. The first-order chi connectivity index (χ1) is 8.92. The van der Waals surface area contributed by atoms with Gasteiger partial charge < -0.3 is 15.2 Å². The predicted octanol–water partition coefficient (Wildman–Crippen LogP) is 1.44. The molecule has 0 aromatic heterocycles. The molecule has 2 N–H and O–H groups in total. The van der Waals surface area contributed by atoms with Crippen molar-refractivity contribution in [1.82, 2.24) is 5.32 Å². The smallest absolute Gasteiger partial charge is 0.328 e. The van der Waals surface area contributed by atoms with Crippen molar-refractivity contribution in [2.75, 3.05) is 7.05 Å². The van der Waals surface area contributed by atoms with E-state index in [4.69, 9.17) is 9.84 Å². The third kappa shape index (κ3) is 4.79. The number of hydrogen-bond acceptors (Lipinski definition) is 3. The van der Waals surface area contributed by atoms with Crippen LogP contribution in [0.2, 0.25) is 0 Å². The Morgan fingerprint density at radius 1 is 1.42 bits per heavy atom. The van der Waals surface area contributed by atoms with Gasteiger partial charge in [0.1, 0.15) is 11.6 Å². The Morgan fingerprint density at radius 2 is 2.11 bits per heavy atom. The minimum Gasteiger partial charge on any atom is -0.481 e. The van der Waals surface area contributed by atoms with Gasteiger partial charge in [0.2, 0.25) is 0 Å². The van der Waals surface area contributed by atoms with Crippen molar-refractivity contribution in [3.63, 3.8) is 0 Å². The van der Waals surface area contributed by atoms with E-state index < -0.39 is 17.9 Å². The molecule has 0 aliphatic heterocycles. The van der Waals surface area contributed by atoms with Gasteiger partial charge in [0.05, 0.1) is 0 Å². The zero-order valence-electron chi connectivity index (χ0n) is 10.5. The second-order valence-electron chi connectivity index (χ2n) is 3.77. The lowest BCUT2D eigenvalue weighted by Gasteiger charge is -2.13. The van der Waals surface area contributed by atoms with Crippen LogP contribution in [0.5, 0.6) is 5.75 Å². The monoisotopic (exact) mass is 267 g/mol. The fraction of sp³-hybridized carbons (Fsp3) is 0.231. The summed E-state index contributed by atoms with van der Waals surface area (Å²) in [5.74, 6) is -1.90. The van der Waals surface area contributed by atoms with Crippen LogP contribution in [0.3, 0.4) is 0 Å². The summed E-state index contributed by atoms with van der Waals surface area (Å²) in [5.41, 5.74) is 0.335. The van der Waals surface area contributed by atoms with Crippen LogP contribution in [-0.4, -0.2) is 30.1 Å². The van der Waals surface area contributed by atoms with Crippen molar-refractivity contribution in [3.8, 4) is 5.75 Å². The number of carbonyl (C=O) groups excluding carboxylic acids is 1. The number of halogens is 1. The maximum atomic E-state index is 13.3. The van der Waals surface area contributed by atoms with E-state index in [0.29, 0.717) is 5.56 Å². The van der Waals surface area contributed by atoms with Crippen molar-refractivity contribution in [1.29, 1.82) is 0 Å². The molecular formula is C13H14FNO4. The second kappa shape index (κ2) is 6.53. The molecular weight excluding hydrogens is 253 g/mol. The number of carboxylic acids is 1. The zero-order chi connectivity index (χ0) is 14.4. The maximum Gasteiger partial charge on any atom is 0.328 e. The van der Waals surface area contributed by atoms with Gasteiger partial charge in [-0.05, 0) is 30.7 Å². The summed E-state index contributed by atoms with van der Waals surface area (Å²) in [6.07, 6.45) is 1.35. The van der Waals surface area contributed by atoms with E-state index >= 15 is 0 Å². The Bertz CT molecular complexity index is 513. The van der Waals surface area contributed by atoms with Crippen molar-refractivity contribution >= 4 is 18.0 Å². The van der Waals surface area contributed by atoms with Crippen molar-refractivity contribution < 1.29 is 23.8 Å². The molecule has 6 heteroatoms. The van der Waals surface area contributed by atoms with Crippen LogP contribution in [0.4, 0.5) is 4.39 Å². The SMILES string of the molecule is CNC(=O)C(C)Oc1cc(F)cc(/C=C/C(=O)O)c1. The minimum atomic E-state index is -1.13. The highest BCUT2D eigenvalue weighted by Gasteiger charge is 2.13. The molecule has 1 rings (SSSR count). The van der Waals surface area contributed by atoms with E-state index in [1.807, 2.05) is 0 Å². The standard InChI is InChI=1S/C13H14FNO4/c1-8(13(18)15-2)19-11-6-9(3-4-12(16)17)5-10(14)7-11/h3-8H,1-2H3,(H,15,18)(H,16,17)/b4-3+. The quantitative estimate of drug-likeness (QED) is 0.791. The topological polar surface area (TPSA) is 75.6 Å². The Kier molecular flexibility index (Phi) is 5.05. The molecule has 1 amide bonds. The van der Waals surface area contributed by atoms with Crippen LogP contribution in [-0.2, 0) is 9.59 Å². The summed E-state index contributed by atoms with van der Waals surface area (Å²) in [4.78, 5) is 21.7. The average molecular weight is 267 g/mol. The number of benzene rings is 1. The van der Waals surface area contributed by atoms with Gasteiger partial charge in [-0.25, -0.2) is 9.18 Å². The van der Waals surface area contributed by atoms with E-state index in [-0.39, 0.29) is 11.7 Å². The summed E-state index contributed by atoms with van der Waals surface area (Å²) >= 11 is 0. The van der Waals surface area contributed by atoms with Crippen LogP contribution in [0, 0.1) is 5.82 Å². The molecule has 0 aliphatic carbocycles. The fourth-order valence-electron chi connectivity index (χ4n) is 1.38. The predicted molar refractivity (Wildman–Crippen MR) is 67.2 cm³/mol. The summed E-state index contributed by atoms with van der Waals surface area (Å²) in [6, 6.07) is 3.73. The molecule has 102 valence electrons. The number of aliphatic carboxylic acids is 1. The molecule has 1 atom stereocenters. The molecule has 5 nitrogen and oxygen atoms in total. The number of amides is 1. The van der Waals surface area contributed by atoms with Gasteiger partial charge >= 0.3 is 5.97 Å². The summed E-state index contributed by atoms with van der Waals surface area (Å²) in [7, 11) is 1.47. The first-order valence-electron chi connectivity index (χ1n) is 5.52. The number of likely N-dealkylation sites (N-methyl/N-ethyl adjacent to an activating group) is 1. The van der Waals surface area contributed by atoms with E-state index in [9.17, 15) is 14.0 Å². The fourth-order valence-corrected chi connectivity index (χ4v) is 1.38. The van der Waals surface area contributed by atoms with Gasteiger partial charge in [-0.15, -0.1) is 0 Å². The highest BCUT2D eigenvalue weighted by molar-refractivity contribution is 5.85. The third-order valence-electron chi connectivity index (χ3n) is 2.24. The molecule has 1 aromatic carbocycles. The average Bonchev–Trinajstić information content (AvgIpc) is 2.34. The van der Waals surface area contributed by atoms with Crippen LogP contribution in [0.25, 0.3) is 6.08 Å². The van der Waals surface area contributed by atoms with E-state index in [1.165, 1.54) is 26.1 Å². The zero-order valence-corrected chi connectivity index (χ0v) is 10.5. The third-order valence-corrected chi connectivity index (χ3v) is 2.24. The summed E-state index contributed by atoms with van der Waals surface area (Å²) < 4.78 is 18.6. The molecule has 1 unspecified atom stereocenters. The van der Waals surface area contributed by atoms with E-state index in [1.54, 1.807) is 0 Å². The molecule has 19 heavy (non-hydrogen) atoms. The lowest BCUT2D eigenvalue weighted by molar-refractivity contribution is -0.131. The first kappa shape index (κ1) is 14.7. The molecule has 0 saturated carbocycles.